The van der Waals surface area contributed by atoms with Crippen molar-refractivity contribution >= 4 is 29.1 Å². The normalized spacial score (nSPS) is 14.9. The fourth-order valence-electron chi connectivity index (χ4n) is 5.31. The van der Waals surface area contributed by atoms with Crippen LogP contribution in [0.3, 0.4) is 0 Å². The van der Waals surface area contributed by atoms with Crippen LogP contribution in [0.5, 0.6) is 11.5 Å². The van der Waals surface area contributed by atoms with E-state index in [0.717, 1.165) is 33.6 Å². The molecule has 0 radical (unpaired) electrons. The zero-order chi connectivity index (χ0) is 30.7. The van der Waals surface area contributed by atoms with E-state index in [4.69, 9.17) is 19.2 Å². The molecule has 1 aromatic heterocycles. The second kappa shape index (κ2) is 12.8. The molecule has 0 spiro atoms. The Morgan fingerprint density at radius 3 is 2.40 bits per heavy atom. The number of esters is 1. The SMILES string of the molecule is CCOC(=O)C1=C(c2ccccc2)N=c2s/c(=C\c3cc(C(C)C)c(OC)cc3C)c(=O)n2[C@@H]1c1ccc(OCC)cc1. The third-order valence-corrected chi connectivity index (χ3v) is 8.39. The van der Waals surface area contributed by atoms with Crippen molar-refractivity contribution in [3.05, 3.63) is 120 Å². The number of benzene rings is 3. The van der Waals surface area contributed by atoms with E-state index in [1.54, 1.807) is 18.6 Å². The Kier molecular flexibility index (Phi) is 8.97. The number of methoxy groups -OCH3 is 1. The minimum atomic E-state index is -0.744. The summed E-state index contributed by atoms with van der Waals surface area (Å²) < 4.78 is 19.0. The lowest BCUT2D eigenvalue weighted by Crippen LogP contribution is -2.40. The first kappa shape index (κ1) is 30.0. The largest absolute Gasteiger partial charge is 0.496 e. The molecule has 2 heterocycles. The molecular weight excluding hydrogens is 560 g/mol. The number of aromatic nitrogens is 1. The van der Waals surface area contributed by atoms with E-state index in [0.29, 0.717) is 33.0 Å². The molecule has 0 bridgehead atoms. The molecule has 3 aromatic carbocycles. The van der Waals surface area contributed by atoms with Gasteiger partial charge in [-0.1, -0.05) is 67.6 Å². The van der Waals surface area contributed by atoms with E-state index in [1.165, 1.54) is 11.3 Å². The first-order valence-electron chi connectivity index (χ1n) is 14.5. The number of hydrogen-bond acceptors (Lipinski definition) is 7. The van der Waals surface area contributed by atoms with Crippen molar-refractivity contribution in [2.45, 2.75) is 46.6 Å². The fourth-order valence-corrected chi connectivity index (χ4v) is 6.30. The lowest BCUT2D eigenvalue weighted by atomic mass is 9.93. The minimum Gasteiger partial charge on any atom is -0.496 e. The maximum atomic E-state index is 14.3. The molecule has 1 atom stereocenters. The summed E-state index contributed by atoms with van der Waals surface area (Å²) in [5, 5.41) is 0. The topological polar surface area (TPSA) is 79.1 Å². The van der Waals surface area contributed by atoms with Crippen LogP contribution in [-0.4, -0.2) is 30.9 Å². The maximum absolute atomic E-state index is 14.3. The lowest BCUT2D eigenvalue weighted by Gasteiger charge is -2.26. The van der Waals surface area contributed by atoms with E-state index in [1.807, 2.05) is 80.6 Å². The Morgan fingerprint density at radius 2 is 1.77 bits per heavy atom. The van der Waals surface area contributed by atoms with Crippen molar-refractivity contribution in [2.24, 2.45) is 4.99 Å². The van der Waals surface area contributed by atoms with Crippen LogP contribution in [0.1, 0.15) is 67.5 Å². The smallest absolute Gasteiger partial charge is 0.338 e. The zero-order valence-corrected chi connectivity index (χ0v) is 26.2. The number of aryl methyl sites for hydroxylation is 1. The van der Waals surface area contributed by atoms with Gasteiger partial charge in [-0.3, -0.25) is 9.36 Å². The van der Waals surface area contributed by atoms with Crippen molar-refractivity contribution in [3.63, 3.8) is 0 Å². The summed E-state index contributed by atoms with van der Waals surface area (Å²) in [4.78, 5) is 33.4. The average Bonchev–Trinajstić information content (AvgIpc) is 3.32. The predicted molar refractivity (Wildman–Crippen MR) is 170 cm³/mol. The van der Waals surface area contributed by atoms with E-state index in [2.05, 4.69) is 19.9 Å². The highest BCUT2D eigenvalue weighted by Gasteiger charge is 2.35. The number of ether oxygens (including phenoxy) is 3. The van der Waals surface area contributed by atoms with E-state index >= 15 is 0 Å². The number of thiazole rings is 1. The standard InChI is InChI=1S/C35H36N2O5S/c1-7-41-26-16-14-24(15-17-26)32-30(34(39)42-8-2)31(23-12-10-9-11-13-23)36-35-37(32)33(38)29(43-35)20-25-19-27(21(3)4)28(40-6)18-22(25)5/h9-21,32H,7-8H2,1-6H3/b29-20-/t32-/m1/s1. The van der Waals surface area contributed by atoms with E-state index < -0.39 is 12.0 Å². The van der Waals surface area contributed by atoms with Gasteiger partial charge in [0.1, 0.15) is 11.5 Å². The van der Waals surface area contributed by atoms with E-state index in [-0.39, 0.29) is 18.1 Å². The molecule has 0 aliphatic carbocycles. The Morgan fingerprint density at radius 1 is 1.05 bits per heavy atom. The van der Waals surface area contributed by atoms with Gasteiger partial charge in [0.25, 0.3) is 5.56 Å². The van der Waals surface area contributed by atoms with Gasteiger partial charge in [-0.15, -0.1) is 0 Å². The Labute approximate surface area is 255 Å². The Bertz CT molecular complexity index is 1850. The Hall–Kier alpha value is -4.43. The molecule has 0 saturated carbocycles. The van der Waals surface area contributed by atoms with Crippen LogP contribution >= 0.6 is 11.3 Å². The Balaban J connectivity index is 1.80. The van der Waals surface area contributed by atoms with E-state index in [9.17, 15) is 9.59 Å². The van der Waals surface area contributed by atoms with Gasteiger partial charge >= 0.3 is 5.97 Å². The first-order valence-corrected chi connectivity index (χ1v) is 15.3. The second-order valence-electron chi connectivity index (χ2n) is 10.5. The quantitative estimate of drug-likeness (QED) is 0.229. The highest BCUT2D eigenvalue weighted by atomic mass is 32.1. The van der Waals surface area contributed by atoms with Crippen LogP contribution < -0.4 is 24.4 Å². The number of rotatable bonds is 9. The molecule has 4 aromatic rings. The zero-order valence-electron chi connectivity index (χ0n) is 25.3. The summed E-state index contributed by atoms with van der Waals surface area (Å²) in [6.45, 7) is 10.7. The van der Waals surface area contributed by atoms with Crippen molar-refractivity contribution in [1.29, 1.82) is 0 Å². The molecule has 0 saturated heterocycles. The molecule has 0 unspecified atom stereocenters. The van der Waals surface area contributed by atoms with Crippen molar-refractivity contribution in [2.75, 3.05) is 20.3 Å². The third-order valence-electron chi connectivity index (χ3n) is 7.41. The summed E-state index contributed by atoms with van der Waals surface area (Å²) in [6, 6.07) is 20.4. The summed E-state index contributed by atoms with van der Waals surface area (Å²) in [6.07, 6.45) is 1.91. The van der Waals surface area contributed by atoms with Crippen LogP contribution in [0.15, 0.2) is 82.1 Å². The molecule has 7 nitrogen and oxygen atoms in total. The van der Waals surface area contributed by atoms with Gasteiger partial charge < -0.3 is 14.2 Å². The van der Waals surface area contributed by atoms with Crippen LogP contribution in [-0.2, 0) is 9.53 Å². The molecule has 0 amide bonds. The molecular formula is C35H36N2O5S. The fraction of sp³-hybridized carbons (Fsp3) is 0.286. The molecule has 43 heavy (non-hydrogen) atoms. The summed E-state index contributed by atoms with van der Waals surface area (Å²) in [5.74, 6) is 1.27. The summed E-state index contributed by atoms with van der Waals surface area (Å²) >= 11 is 1.31. The third kappa shape index (κ3) is 5.92. The van der Waals surface area contributed by atoms with Crippen LogP contribution in [0.4, 0.5) is 0 Å². The van der Waals surface area contributed by atoms with Gasteiger partial charge in [-0.2, -0.15) is 0 Å². The number of nitrogens with zero attached hydrogens (tertiary/aromatic N) is 2. The number of hydrogen-bond donors (Lipinski definition) is 0. The van der Waals surface area contributed by atoms with Crippen molar-refractivity contribution < 1.29 is 19.0 Å². The molecule has 8 heteroatoms. The van der Waals surface area contributed by atoms with Gasteiger partial charge in [0.05, 0.1) is 42.2 Å². The molecule has 1 aliphatic rings. The van der Waals surface area contributed by atoms with Crippen molar-refractivity contribution in [1.82, 2.24) is 4.57 Å². The van der Waals surface area contributed by atoms with Crippen LogP contribution in [0.2, 0.25) is 0 Å². The van der Waals surface area contributed by atoms with Gasteiger partial charge in [0.2, 0.25) is 0 Å². The second-order valence-corrected chi connectivity index (χ2v) is 11.5. The number of carbonyl (C=O) groups excluding carboxylic acids is 1. The first-order chi connectivity index (χ1) is 20.8. The number of carbonyl (C=O) groups is 1. The maximum Gasteiger partial charge on any atom is 0.338 e. The summed E-state index contributed by atoms with van der Waals surface area (Å²) in [7, 11) is 1.67. The molecule has 0 N–H and O–H groups in total. The van der Waals surface area contributed by atoms with Crippen LogP contribution in [0.25, 0.3) is 11.8 Å². The van der Waals surface area contributed by atoms with Crippen molar-refractivity contribution in [3.8, 4) is 11.5 Å². The molecule has 5 rings (SSSR count). The monoisotopic (exact) mass is 596 g/mol. The highest BCUT2D eigenvalue weighted by molar-refractivity contribution is 7.07. The lowest BCUT2D eigenvalue weighted by molar-refractivity contribution is -0.138. The van der Waals surface area contributed by atoms with Gasteiger partial charge in [0.15, 0.2) is 4.80 Å². The number of fused-ring (bicyclic) bond motifs is 1. The van der Waals surface area contributed by atoms with Crippen LogP contribution in [0, 0.1) is 6.92 Å². The van der Waals surface area contributed by atoms with Gasteiger partial charge in [0, 0.05) is 5.56 Å². The predicted octanol–water partition coefficient (Wildman–Crippen LogP) is 5.77. The highest BCUT2D eigenvalue weighted by Crippen LogP contribution is 2.36. The molecule has 1 aliphatic heterocycles. The van der Waals surface area contributed by atoms with Gasteiger partial charge in [-0.25, -0.2) is 9.79 Å². The minimum absolute atomic E-state index is 0.194. The summed E-state index contributed by atoms with van der Waals surface area (Å²) in [5.41, 5.74) is 5.10. The van der Waals surface area contributed by atoms with Gasteiger partial charge in [-0.05, 0) is 79.3 Å². The molecule has 0 fully saturated rings. The molecule has 222 valence electrons. The average molecular weight is 597 g/mol.